The zero-order valence-electron chi connectivity index (χ0n) is 15.3. The minimum absolute atomic E-state index is 0.373. The molecule has 1 aliphatic carbocycles. The van der Waals surface area contributed by atoms with Crippen LogP contribution in [0.1, 0.15) is 68.6 Å². The number of hydrogen-bond donors (Lipinski definition) is 2. The molecule has 1 aromatic heterocycles. The molecule has 0 radical (unpaired) electrons. The highest BCUT2D eigenvalue weighted by molar-refractivity contribution is 9.10. The number of pyridine rings is 1. The SMILES string of the molecule is CCCC(CCNc1ncc(Br)cc1C(=O)OC)NC1CCCCC1. The lowest BCUT2D eigenvalue weighted by Gasteiger charge is -2.28. The first-order valence-corrected chi connectivity index (χ1v) is 10.2. The van der Waals surface area contributed by atoms with Gasteiger partial charge in [-0.1, -0.05) is 32.6 Å². The number of halogens is 1. The van der Waals surface area contributed by atoms with Crippen LogP contribution in [0.5, 0.6) is 0 Å². The number of rotatable bonds is 9. The molecule has 2 N–H and O–H groups in total. The molecule has 0 aromatic carbocycles. The van der Waals surface area contributed by atoms with E-state index in [1.165, 1.54) is 52.1 Å². The number of hydrogen-bond acceptors (Lipinski definition) is 5. The minimum Gasteiger partial charge on any atom is -0.465 e. The van der Waals surface area contributed by atoms with Gasteiger partial charge in [0, 0.05) is 29.3 Å². The normalized spacial score (nSPS) is 16.4. The summed E-state index contributed by atoms with van der Waals surface area (Å²) in [5, 5.41) is 7.15. The lowest BCUT2D eigenvalue weighted by Crippen LogP contribution is -2.40. The molecule has 25 heavy (non-hydrogen) atoms. The maximum atomic E-state index is 11.9. The summed E-state index contributed by atoms with van der Waals surface area (Å²) in [6, 6.07) is 2.92. The lowest BCUT2D eigenvalue weighted by molar-refractivity contribution is 0.0601. The van der Waals surface area contributed by atoms with Gasteiger partial charge >= 0.3 is 5.97 Å². The summed E-state index contributed by atoms with van der Waals surface area (Å²) in [7, 11) is 1.39. The molecule has 1 fully saturated rings. The highest BCUT2D eigenvalue weighted by atomic mass is 79.9. The fourth-order valence-corrected chi connectivity index (χ4v) is 3.80. The van der Waals surface area contributed by atoms with E-state index >= 15 is 0 Å². The largest absolute Gasteiger partial charge is 0.465 e. The van der Waals surface area contributed by atoms with Gasteiger partial charge in [-0.3, -0.25) is 0 Å². The van der Waals surface area contributed by atoms with E-state index in [1.54, 1.807) is 12.3 Å². The average Bonchev–Trinajstić information content (AvgIpc) is 2.63. The van der Waals surface area contributed by atoms with Crippen LogP contribution in [0.4, 0.5) is 5.82 Å². The van der Waals surface area contributed by atoms with Gasteiger partial charge in [-0.25, -0.2) is 9.78 Å². The van der Waals surface area contributed by atoms with Gasteiger partial charge in [0.15, 0.2) is 0 Å². The van der Waals surface area contributed by atoms with Crippen LogP contribution in [0.2, 0.25) is 0 Å². The van der Waals surface area contributed by atoms with Gasteiger partial charge in [0.1, 0.15) is 11.4 Å². The molecule has 0 aliphatic heterocycles. The van der Waals surface area contributed by atoms with Gasteiger partial charge < -0.3 is 15.4 Å². The molecular weight excluding hydrogens is 382 g/mol. The molecular formula is C19H30BrN3O2. The van der Waals surface area contributed by atoms with Crippen molar-refractivity contribution in [3.05, 3.63) is 22.3 Å². The summed E-state index contributed by atoms with van der Waals surface area (Å²) in [4.78, 5) is 16.2. The number of anilines is 1. The highest BCUT2D eigenvalue weighted by Crippen LogP contribution is 2.21. The molecule has 6 heteroatoms. The zero-order chi connectivity index (χ0) is 18.1. The first kappa shape index (κ1) is 20.2. The maximum absolute atomic E-state index is 11.9. The number of carbonyl (C=O) groups is 1. The maximum Gasteiger partial charge on any atom is 0.341 e. The summed E-state index contributed by atoms with van der Waals surface area (Å²) in [6.07, 6.45) is 11.7. The predicted octanol–water partition coefficient (Wildman–Crippen LogP) is 4.52. The number of ether oxygens (including phenoxy) is 1. The topological polar surface area (TPSA) is 63.2 Å². The van der Waals surface area contributed by atoms with E-state index < -0.39 is 0 Å². The number of nitrogens with zero attached hydrogens (tertiary/aromatic N) is 1. The second-order valence-corrected chi connectivity index (χ2v) is 7.66. The van der Waals surface area contributed by atoms with Crippen LogP contribution in [-0.4, -0.2) is 36.7 Å². The van der Waals surface area contributed by atoms with Crippen molar-refractivity contribution in [3.8, 4) is 0 Å². The fraction of sp³-hybridized carbons (Fsp3) is 0.684. The van der Waals surface area contributed by atoms with Crippen molar-refractivity contribution in [3.63, 3.8) is 0 Å². The Morgan fingerprint density at radius 2 is 2.12 bits per heavy atom. The second-order valence-electron chi connectivity index (χ2n) is 6.74. The van der Waals surface area contributed by atoms with Crippen molar-refractivity contribution in [1.29, 1.82) is 0 Å². The Morgan fingerprint density at radius 1 is 1.36 bits per heavy atom. The molecule has 5 nitrogen and oxygen atoms in total. The predicted molar refractivity (Wildman–Crippen MR) is 105 cm³/mol. The van der Waals surface area contributed by atoms with E-state index in [0.29, 0.717) is 23.5 Å². The van der Waals surface area contributed by atoms with Crippen molar-refractivity contribution in [2.24, 2.45) is 0 Å². The molecule has 0 spiro atoms. The fourth-order valence-electron chi connectivity index (χ4n) is 3.47. The molecule has 2 rings (SSSR count). The molecule has 0 bridgehead atoms. The molecule has 0 saturated heterocycles. The summed E-state index contributed by atoms with van der Waals surface area (Å²) in [5.41, 5.74) is 0.462. The third-order valence-electron chi connectivity index (χ3n) is 4.76. The van der Waals surface area contributed by atoms with Crippen LogP contribution in [0, 0.1) is 0 Å². The molecule has 1 saturated carbocycles. The Kier molecular flexibility index (Phi) is 8.68. The van der Waals surface area contributed by atoms with Gasteiger partial charge in [-0.2, -0.15) is 0 Å². The number of aromatic nitrogens is 1. The Balaban J connectivity index is 1.89. The minimum atomic E-state index is -0.373. The Hall–Kier alpha value is -1.14. The van der Waals surface area contributed by atoms with Crippen LogP contribution < -0.4 is 10.6 Å². The van der Waals surface area contributed by atoms with E-state index in [0.717, 1.165) is 17.4 Å². The van der Waals surface area contributed by atoms with E-state index in [-0.39, 0.29) is 5.97 Å². The molecule has 140 valence electrons. The van der Waals surface area contributed by atoms with Crippen molar-refractivity contribution in [2.75, 3.05) is 19.0 Å². The Labute approximate surface area is 159 Å². The van der Waals surface area contributed by atoms with Crippen molar-refractivity contribution < 1.29 is 9.53 Å². The molecule has 1 aromatic rings. The number of carbonyl (C=O) groups excluding carboxylic acids is 1. The second kappa shape index (κ2) is 10.8. The lowest BCUT2D eigenvalue weighted by atomic mass is 9.94. The van der Waals surface area contributed by atoms with Crippen molar-refractivity contribution in [2.45, 2.75) is 70.4 Å². The third kappa shape index (κ3) is 6.59. The van der Waals surface area contributed by atoms with Crippen molar-refractivity contribution in [1.82, 2.24) is 10.3 Å². The standard InChI is InChI=1S/C19H30BrN3O2/c1-3-7-15(23-16-8-5-4-6-9-16)10-11-21-18-17(19(24)25-2)12-14(20)13-22-18/h12-13,15-16,23H,3-11H2,1-2H3,(H,21,22). The van der Waals surface area contributed by atoms with Crippen LogP contribution >= 0.6 is 15.9 Å². The van der Waals surface area contributed by atoms with E-state index in [1.807, 2.05) is 0 Å². The molecule has 1 atom stereocenters. The smallest absolute Gasteiger partial charge is 0.341 e. The van der Waals surface area contributed by atoms with Crippen LogP contribution in [0.15, 0.2) is 16.7 Å². The summed E-state index contributed by atoms with van der Waals surface area (Å²) in [5.74, 6) is 0.213. The van der Waals surface area contributed by atoms with E-state index in [2.05, 4.69) is 38.5 Å². The molecule has 0 amide bonds. The first-order valence-electron chi connectivity index (χ1n) is 9.37. The van der Waals surface area contributed by atoms with Crippen molar-refractivity contribution >= 4 is 27.7 Å². The van der Waals surface area contributed by atoms with Gasteiger partial charge in [-0.05, 0) is 47.7 Å². The summed E-state index contributed by atoms with van der Waals surface area (Å²) in [6.45, 7) is 3.01. The first-order chi connectivity index (χ1) is 12.1. The third-order valence-corrected chi connectivity index (χ3v) is 5.19. The van der Waals surface area contributed by atoms with E-state index in [4.69, 9.17) is 4.74 Å². The summed E-state index contributed by atoms with van der Waals surface area (Å²) >= 11 is 3.35. The average molecular weight is 412 g/mol. The Morgan fingerprint density at radius 3 is 2.80 bits per heavy atom. The summed E-state index contributed by atoms with van der Waals surface area (Å²) < 4.78 is 5.61. The quantitative estimate of drug-likeness (QED) is 0.584. The van der Waals surface area contributed by atoms with Gasteiger partial charge in [-0.15, -0.1) is 0 Å². The number of nitrogens with one attached hydrogen (secondary N) is 2. The number of esters is 1. The van der Waals surface area contributed by atoms with Crippen LogP contribution in [0.3, 0.4) is 0 Å². The monoisotopic (exact) mass is 411 g/mol. The molecule has 1 unspecified atom stereocenters. The van der Waals surface area contributed by atoms with Gasteiger partial charge in [0.25, 0.3) is 0 Å². The molecule has 1 aliphatic rings. The highest BCUT2D eigenvalue weighted by Gasteiger charge is 2.18. The van der Waals surface area contributed by atoms with Crippen LogP contribution in [0.25, 0.3) is 0 Å². The van der Waals surface area contributed by atoms with Gasteiger partial charge in [0.2, 0.25) is 0 Å². The molecule has 1 heterocycles. The van der Waals surface area contributed by atoms with E-state index in [9.17, 15) is 4.79 Å². The van der Waals surface area contributed by atoms with Gasteiger partial charge in [0.05, 0.1) is 7.11 Å². The Bertz CT molecular complexity index is 547. The zero-order valence-corrected chi connectivity index (χ0v) is 16.9. The number of methoxy groups -OCH3 is 1. The van der Waals surface area contributed by atoms with Crippen LogP contribution in [-0.2, 0) is 4.74 Å².